The lowest BCUT2D eigenvalue weighted by molar-refractivity contribution is 0.183. The van der Waals surface area contributed by atoms with Gasteiger partial charge in [0.25, 0.3) is 0 Å². The Balaban J connectivity index is 1.76. The summed E-state index contributed by atoms with van der Waals surface area (Å²) < 4.78 is 0.980. The van der Waals surface area contributed by atoms with Crippen LogP contribution in [0.25, 0.3) is 0 Å². The monoisotopic (exact) mass is 332 g/mol. The van der Waals surface area contributed by atoms with Gasteiger partial charge in [0.05, 0.1) is 0 Å². The van der Waals surface area contributed by atoms with E-state index >= 15 is 0 Å². The number of allylic oxidation sites excluding steroid dienone is 2. The van der Waals surface area contributed by atoms with E-state index in [2.05, 4.69) is 41.7 Å². The largest absolute Gasteiger partial charge is 0.0914 e. The third-order valence-corrected chi connectivity index (χ3v) is 5.89. The molecule has 2 fully saturated rings. The van der Waals surface area contributed by atoms with Gasteiger partial charge in [-0.3, -0.25) is 0 Å². The fraction of sp³-hybridized carbons (Fsp3) is 0.867. The Morgan fingerprint density at radius 1 is 0.812 bits per heavy atom. The molecule has 0 atom stereocenters. The van der Waals surface area contributed by atoms with Crippen molar-refractivity contribution in [2.24, 2.45) is 17.8 Å². The summed E-state index contributed by atoms with van der Waals surface area (Å²) in [5.41, 5.74) is 0. The highest BCUT2D eigenvalue weighted by molar-refractivity contribution is 14.1. The van der Waals surface area contributed by atoms with E-state index in [0.717, 1.165) is 21.7 Å². The summed E-state index contributed by atoms with van der Waals surface area (Å²) in [5.74, 6) is 3.06. The van der Waals surface area contributed by atoms with Crippen molar-refractivity contribution in [3.63, 3.8) is 0 Å². The summed E-state index contributed by atoms with van der Waals surface area (Å²) in [6, 6.07) is 0. The standard InChI is InChI=1S/C15H25I/c1-2-3-12-4-6-13(7-5-12)14-8-10-15(16)11-9-14/h2-3,12-15H,4-11H2,1H3/b3-2+. The molecule has 0 aromatic rings. The Morgan fingerprint density at radius 3 is 1.81 bits per heavy atom. The van der Waals surface area contributed by atoms with Crippen LogP contribution in [0.15, 0.2) is 12.2 Å². The van der Waals surface area contributed by atoms with Gasteiger partial charge in [0, 0.05) is 3.92 Å². The van der Waals surface area contributed by atoms with Crippen molar-refractivity contribution in [1.82, 2.24) is 0 Å². The molecule has 0 saturated heterocycles. The molecule has 0 aromatic heterocycles. The van der Waals surface area contributed by atoms with Gasteiger partial charge in [0.15, 0.2) is 0 Å². The summed E-state index contributed by atoms with van der Waals surface area (Å²) in [6.07, 6.45) is 16.6. The second-order valence-corrected chi connectivity index (χ2v) is 7.47. The maximum absolute atomic E-state index is 2.64. The minimum atomic E-state index is 0.905. The highest BCUT2D eigenvalue weighted by Gasteiger charge is 2.29. The molecule has 0 aliphatic heterocycles. The van der Waals surface area contributed by atoms with Gasteiger partial charge in [0.2, 0.25) is 0 Å². The molecule has 16 heavy (non-hydrogen) atoms. The van der Waals surface area contributed by atoms with Crippen molar-refractivity contribution in [3.05, 3.63) is 12.2 Å². The third kappa shape index (κ3) is 3.48. The number of rotatable bonds is 2. The van der Waals surface area contributed by atoms with Gasteiger partial charge in [-0.1, -0.05) is 34.7 Å². The second-order valence-electron chi connectivity index (χ2n) is 5.71. The van der Waals surface area contributed by atoms with E-state index < -0.39 is 0 Å². The molecule has 1 heteroatoms. The molecule has 2 aliphatic carbocycles. The molecule has 92 valence electrons. The number of halogens is 1. The quantitative estimate of drug-likeness (QED) is 0.363. The average Bonchev–Trinajstić information content (AvgIpc) is 2.32. The lowest BCUT2D eigenvalue weighted by Gasteiger charge is -2.36. The number of hydrogen-bond donors (Lipinski definition) is 0. The molecule has 0 nitrogen and oxygen atoms in total. The zero-order valence-electron chi connectivity index (χ0n) is 10.5. The molecule has 2 saturated carbocycles. The average molecular weight is 332 g/mol. The minimum Gasteiger partial charge on any atom is -0.0914 e. The maximum Gasteiger partial charge on any atom is 0.0110 e. The normalized spacial score (nSPS) is 41.4. The van der Waals surface area contributed by atoms with Crippen LogP contribution in [0.3, 0.4) is 0 Å². The van der Waals surface area contributed by atoms with Crippen molar-refractivity contribution in [2.45, 2.75) is 62.2 Å². The van der Waals surface area contributed by atoms with E-state index in [4.69, 9.17) is 0 Å². The Bertz CT molecular complexity index is 218. The molecule has 0 spiro atoms. The Kier molecular flexibility index (Phi) is 5.18. The molecule has 0 unspecified atom stereocenters. The van der Waals surface area contributed by atoms with Crippen molar-refractivity contribution in [3.8, 4) is 0 Å². The van der Waals surface area contributed by atoms with Crippen molar-refractivity contribution < 1.29 is 0 Å². The second kappa shape index (κ2) is 6.42. The predicted octanol–water partition coefficient (Wildman–Crippen LogP) is 5.36. The van der Waals surface area contributed by atoms with Gasteiger partial charge in [0.1, 0.15) is 0 Å². The van der Waals surface area contributed by atoms with Crippen molar-refractivity contribution >= 4 is 22.6 Å². The van der Waals surface area contributed by atoms with E-state index in [1.54, 1.807) is 0 Å². The summed E-state index contributed by atoms with van der Waals surface area (Å²) in [6.45, 7) is 2.16. The van der Waals surface area contributed by atoms with Gasteiger partial charge >= 0.3 is 0 Å². The highest BCUT2D eigenvalue weighted by Crippen LogP contribution is 2.41. The summed E-state index contributed by atoms with van der Waals surface area (Å²) in [7, 11) is 0. The van der Waals surface area contributed by atoms with Crippen LogP contribution in [0, 0.1) is 17.8 Å². The SMILES string of the molecule is C/C=C/C1CCC(C2CCC(I)CC2)CC1. The zero-order valence-corrected chi connectivity index (χ0v) is 12.7. The van der Waals surface area contributed by atoms with E-state index in [0.29, 0.717) is 0 Å². The Labute approximate surface area is 114 Å². The van der Waals surface area contributed by atoms with Crippen LogP contribution in [0.2, 0.25) is 0 Å². The minimum absolute atomic E-state index is 0.905. The summed E-state index contributed by atoms with van der Waals surface area (Å²) in [4.78, 5) is 0. The first-order valence-electron chi connectivity index (χ1n) is 7.06. The first-order chi connectivity index (χ1) is 7.79. The Morgan fingerprint density at radius 2 is 1.31 bits per heavy atom. The zero-order chi connectivity index (χ0) is 11.4. The van der Waals surface area contributed by atoms with Gasteiger partial charge in [-0.25, -0.2) is 0 Å². The van der Waals surface area contributed by atoms with Gasteiger partial charge < -0.3 is 0 Å². The van der Waals surface area contributed by atoms with Crippen LogP contribution in [-0.4, -0.2) is 3.92 Å². The van der Waals surface area contributed by atoms with E-state index in [9.17, 15) is 0 Å². The molecule has 2 rings (SSSR count). The van der Waals surface area contributed by atoms with Crippen LogP contribution >= 0.6 is 22.6 Å². The third-order valence-electron chi connectivity index (χ3n) is 4.65. The lowest BCUT2D eigenvalue weighted by atomic mass is 9.71. The van der Waals surface area contributed by atoms with Crippen molar-refractivity contribution in [2.75, 3.05) is 0 Å². The topological polar surface area (TPSA) is 0 Å². The van der Waals surface area contributed by atoms with Crippen molar-refractivity contribution in [1.29, 1.82) is 0 Å². The van der Waals surface area contributed by atoms with E-state index in [-0.39, 0.29) is 0 Å². The van der Waals surface area contributed by atoms with Crippen LogP contribution in [0.5, 0.6) is 0 Å². The van der Waals surface area contributed by atoms with E-state index in [1.807, 2.05) is 0 Å². The molecule has 0 heterocycles. The fourth-order valence-corrected chi connectivity index (χ4v) is 4.35. The predicted molar refractivity (Wildman–Crippen MR) is 80.0 cm³/mol. The first-order valence-corrected chi connectivity index (χ1v) is 8.31. The molecule has 0 amide bonds. The first kappa shape index (κ1) is 12.9. The number of alkyl halides is 1. The summed E-state index contributed by atoms with van der Waals surface area (Å²) in [5, 5.41) is 0. The van der Waals surface area contributed by atoms with Gasteiger partial charge in [-0.15, -0.1) is 0 Å². The lowest BCUT2D eigenvalue weighted by Crippen LogP contribution is -2.25. The molecule has 0 N–H and O–H groups in total. The maximum atomic E-state index is 2.64. The van der Waals surface area contributed by atoms with Gasteiger partial charge in [-0.05, 0) is 76.0 Å². The van der Waals surface area contributed by atoms with Crippen LogP contribution in [-0.2, 0) is 0 Å². The Hall–Kier alpha value is 0.470. The highest BCUT2D eigenvalue weighted by atomic mass is 127. The summed E-state index contributed by atoms with van der Waals surface area (Å²) >= 11 is 2.64. The van der Waals surface area contributed by atoms with Crippen LogP contribution in [0.1, 0.15) is 58.3 Å². The molecular formula is C15H25I. The van der Waals surface area contributed by atoms with Crippen LogP contribution < -0.4 is 0 Å². The molecule has 2 aliphatic rings. The van der Waals surface area contributed by atoms with E-state index in [1.165, 1.54) is 51.4 Å². The fourth-order valence-electron chi connectivity index (χ4n) is 3.63. The molecule has 0 bridgehead atoms. The van der Waals surface area contributed by atoms with Gasteiger partial charge in [-0.2, -0.15) is 0 Å². The molecule has 0 aromatic carbocycles. The van der Waals surface area contributed by atoms with Crippen LogP contribution in [0.4, 0.5) is 0 Å². The molecule has 0 radical (unpaired) electrons. The molecular weight excluding hydrogens is 307 g/mol. The smallest absolute Gasteiger partial charge is 0.0110 e. The number of hydrogen-bond acceptors (Lipinski definition) is 0.